The van der Waals surface area contributed by atoms with Crippen LogP contribution in [0.25, 0.3) is 0 Å². The average molecular weight is 282 g/mol. The molecule has 0 fully saturated rings. The lowest BCUT2D eigenvalue weighted by molar-refractivity contribution is 0.603. The number of anilines is 1. The summed E-state index contributed by atoms with van der Waals surface area (Å²) in [6.45, 7) is 5.74. The van der Waals surface area contributed by atoms with Crippen molar-refractivity contribution in [2.24, 2.45) is 5.92 Å². The van der Waals surface area contributed by atoms with Crippen molar-refractivity contribution in [3.05, 3.63) is 22.9 Å². The molecular weight excluding hydrogens is 260 g/mol. The molecule has 0 unspecified atom stereocenters. The van der Waals surface area contributed by atoms with Crippen LogP contribution in [0.5, 0.6) is 0 Å². The van der Waals surface area contributed by atoms with Gasteiger partial charge in [0, 0.05) is 18.8 Å². The van der Waals surface area contributed by atoms with E-state index in [9.17, 15) is 5.26 Å². The molecule has 1 aliphatic rings. The number of aromatic nitrogens is 1. The highest BCUT2D eigenvalue weighted by Crippen LogP contribution is 2.27. The van der Waals surface area contributed by atoms with E-state index in [1.54, 1.807) is 0 Å². The Hall–Kier alpha value is -2.07. The quantitative estimate of drug-likeness (QED) is 0.832. The molecule has 1 heterocycles. The Morgan fingerprint density at radius 3 is 2.71 bits per heavy atom. The van der Waals surface area contributed by atoms with Gasteiger partial charge in [-0.3, -0.25) is 0 Å². The van der Waals surface area contributed by atoms with Crippen molar-refractivity contribution in [1.82, 2.24) is 4.98 Å². The third-order valence-corrected chi connectivity index (χ3v) is 3.78. The Labute approximate surface area is 127 Å². The average Bonchev–Trinajstić information content (AvgIpc) is 2.49. The predicted molar refractivity (Wildman–Crippen MR) is 82.9 cm³/mol. The van der Waals surface area contributed by atoms with E-state index in [1.807, 2.05) is 6.07 Å². The van der Waals surface area contributed by atoms with Crippen molar-refractivity contribution < 1.29 is 0 Å². The minimum absolute atomic E-state index is 0.455. The highest BCUT2D eigenvalue weighted by molar-refractivity contribution is 5.56. The third-order valence-electron chi connectivity index (χ3n) is 3.78. The zero-order chi connectivity index (χ0) is 15.2. The summed E-state index contributed by atoms with van der Waals surface area (Å²) >= 11 is 0. The lowest BCUT2D eigenvalue weighted by atomic mass is 9.94. The predicted octanol–water partition coefficient (Wildman–Crippen LogP) is 3.21. The fourth-order valence-electron chi connectivity index (χ4n) is 2.86. The molecule has 0 atom stereocenters. The highest BCUT2D eigenvalue weighted by Gasteiger charge is 2.19. The molecule has 21 heavy (non-hydrogen) atoms. The van der Waals surface area contributed by atoms with Crippen LogP contribution >= 0.6 is 0 Å². The molecule has 1 aromatic rings. The van der Waals surface area contributed by atoms with E-state index in [0.29, 0.717) is 24.4 Å². The number of aryl methyl sites for hydroxylation is 2. The normalized spacial score (nSPS) is 13.4. The molecule has 1 aliphatic carbocycles. The first-order valence-corrected chi connectivity index (χ1v) is 7.70. The van der Waals surface area contributed by atoms with Crippen LogP contribution in [-0.4, -0.2) is 18.1 Å². The van der Waals surface area contributed by atoms with Crippen LogP contribution in [0.1, 0.15) is 49.9 Å². The van der Waals surface area contributed by atoms with Gasteiger partial charge in [0.05, 0.1) is 18.1 Å². The molecule has 4 heteroatoms. The summed E-state index contributed by atoms with van der Waals surface area (Å²) in [7, 11) is 0. The van der Waals surface area contributed by atoms with E-state index in [1.165, 1.54) is 18.4 Å². The van der Waals surface area contributed by atoms with Gasteiger partial charge in [0.25, 0.3) is 0 Å². The van der Waals surface area contributed by atoms with Gasteiger partial charge in [-0.2, -0.15) is 10.5 Å². The zero-order valence-corrected chi connectivity index (χ0v) is 12.9. The van der Waals surface area contributed by atoms with Gasteiger partial charge < -0.3 is 4.90 Å². The first-order chi connectivity index (χ1) is 10.2. The zero-order valence-electron chi connectivity index (χ0n) is 12.9. The summed E-state index contributed by atoms with van der Waals surface area (Å²) in [5.41, 5.74) is 3.02. The third kappa shape index (κ3) is 3.73. The second kappa shape index (κ2) is 7.09. The molecule has 2 rings (SSSR count). The van der Waals surface area contributed by atoms with Crippen LogP contribution in [0.15, 0.2) is 6.07 Å². The summed E-state index contributed by atoms with van der Waals surface area (Å²) in [6, 6.07) is 6.49. The number of hydrogen-bond donors (Lipinski definition) is 0. The number of hydrogen-bond acceptors (Lipinski definition) is 4. The Morgan fingerprint density at radius 2 is 2.05 bits per heavy atom. The summed E-state index contributed by atoms with van der Waals surface area (Å²) < 4.78 is 0. The maximum atomic E-state index is 9.45. The molecule has 0 bridgehead atoms. The molecular formula is C17H22N4. The van der Waals surface area contributed by atoms with E-state index in [4.69, 9.17) is 10.2 Å². The molecule has 0 radical (unpaired) electrons. The Bertz CT molecular complexity index is 578. The second-order valence-corrected chi connectivity index (χ2v) is 6.03. The van der Waals surface area contributed by atoms with Gasteiger partial charge in [-0.25, -0.2) is 4.98 Å². The van der Waals surface area contributed by atoms with Gasteiger partial charge >= 0.3 is 0 Å². The van der Waals surface area contributed by atoms with E-state index >= 15 is 0 Å². The van der Waals surface area contributed by atoms with Crippen LogP contribution in [0.2, 0.25) is 0 Å². The van der Waals surface area contributed by atoms with Gasteiger partial charge in [-0.05, 0) is 43.2 Å². The lowest BCUT2D eigenvalue weighted by Gasteiger charge is -2.27. The summed E-state index contributed by atoms with van der Waals surface area (Å²) in [5.74, 6) is 1.23. The molecule has 0 aliphatic heterocycles. The molecule has 0 saturated heterocycles. The van der Waals surface area contributed by atoms with Crippen LogP contribution in [-0.2, 0) is 12.8 Å². The maximum Gasteiger partial charge on any atom is 0.146 e. The van der Waals surface area contributed by atoms with Crippen LogP contribution < -0.4 is 4.90 Å². The Morgan fingerprint density at radius 1 is 1.29 bits per heavy atom. The topological polar surface area (TPSA) is 63.7 Å². The molecule has 1 aromatic heterocycles. The Balaban J connectivity index is 2.38. The van der Waals surface area contributed by atoms with Crippen LogP contribution in [0.3, 0.4) is 0 Å². The SMILES string of the molecule is CC(C)CN(CCC#N)c1nc2c(cc1C#N)CCCC2. The minimum Gasteiger partial charge on any atom is -0.354 e. The summed E-state index contributed by atoms with van der Waals surface area (Å²) in [4.78, 5) is 6.88. The van der Waals surface area contributed by atoms with Crippen molar-refractivity contribution in [2.75, 3.05) is 18.0 Å². The van der Waals surface area contributed by atoms with Gasteiger partial charge in [-0.1, -0.05) is 13.8 Å². The van der Waals surface area contributed by atoms with Crippen molar-refractivity contribution in [3.63, 3.8) is 0 Å². The second-order valence-electron chi connectivity index (χ2n) is 6.03. The standard InChI is InChI=1S/C17H22N4/c1-13(2)12-21(9-5-8-18)17-15(11-19)10-14-6-3-4-7-16(14)20-17/h10,13H,3-7,9,12H2,1-2H3. The van der Waals surface area contributed by atoms with Gasteiger partial charge in [0.15, 0.2) is 0 Å². The first kappa shape index (κ1) is 15.3. The summed E-state index contributed by atoms with van der Waals surface area (Å²) in [5, 5.41) is 18.3. The fourth-order valence-corrected chi connectivity index (χ4v) is 2.86. The van der Waals surface area contributed by atoms with E-state index in [0.717, 1.165) is 30.9 Å². The maximum absolute atomic E-state index is 9.45. The number of pyridine rings is 1. The molecule has 0 amide bonds. The summed E-state index contributed by atoms with van der Waals surface area (Å²) in [6.07, 6.45) is 4.84. The van der Waals surface area contributed by atoms with Gasteiger partial charge in [0.1, 0.15) is 11.9 Å². The van der Waals surface area contributed by atoms with Crippen LogP contribution in [0, 0.1) is 28.6 Å². The van der Waals surface area contributed by atoms with E-state index in [-0.39, 0.29) is 0 Å². The molecule has 110 valence electrons. The number of fused-ring (bicyclic) bond motifs is 1. The van der Waals surface area contributed by atoms with Crippen molar-refractivity contribution >= 4 is 5.82 Å². The fraction of sp³-hybridized carbons (Fsp3) is 0.588. The minimum atomic E-state index is 0.455. The lowest BCUT2D eigenvalue weighted by Crippen LogP contribution is -2.30. The first-order valence-electron chi connectivity index (χ1n) is 7.70. The van der Waals surface area contributed by atoms with E-state index < -0.39 is 0 Å². The van der Waals surface area contributed by atoms with Crippen molar-refractivity contribution in [2.45, 2.75) is 46.0 Å². The Kier molecular flexibility index (Phi) is 5.17. The van der Waals surface area contributed by atoms with Gasteiger partial charge in [-0.15, -0.1) is 0 Å². The molecule has 0 saturated carbocycles. The monoisotopic (exact) mass is 282 g/mol. The highest BCUT2D eigenvalue weighted by atomic mass is 15.2. The van der Waals surface area contributed by atoms with Gasteiger partial charge in [0.2, 0.25) is 0 Å². The number of rotatable bonds is 5. The van der Waals surface area contributed by atoms with Crippen LogP contribution in [0.4, 0.5) is 5.82 Å². The van der Waals surface area contributed by atoms with E-state index in [2.05, 4.69) is 30.9 Å². The van der Waals surface area contributed by atoms with Crippen molar-refractivity contribution in [3.8, 4) is 12.1 Å². The number of nitrogens with zero attached hydrogens (tertiary/aromatic N) is 4. The number of nitriles is 2. The molecule has 0 aromatic carbocycles. The smallest absolute Gasteiger partial charge is 0.146 e. The molecule has 0 N–H and O–H groups in total. The molecule has 0 spiro atoms. The molecule has 4 nitrogen and oxygen atoms in total. The van der Waals surface area contributed by atoms with Crippen molar-refractivity contribution in [1.29, 1.82) is 10.5 Å². The largest absolute Gasteiger partial charge is 0.354 e.